The predicted molar refractivity (Wildman–Crippen MR) is 62.6 cm³/mol. The fraction of sp³-hybridized carbons (Fsp3) is 0.917. The predicted octanol–water partition coefficient (Wildman–Crippen LogP) is 2.50. The van der Waals surface area contributed by atoms with E-state index in [-0.39, 0.29) is 0 Å². The van der Waals surface area contributed by atoms with Crippen molar-refractivity contribution >= 4 is 6.34 Å². The van der Waals surface area contributed by atoms with Crippen molar-refractivity contribution in [2.75, 3.05) is 20.6 Å². The van der Waals surface area contributed by atoms with Crippen LogP contribution in [0.4, 0.5) is 0 Å². The molecule has 0 aromatic carbocycles. The van der Waals surface area contributed by atoms with Crippen LogP contribution < -0.4 is 0 Å². The molecule has 0 spiro atoms. The smallest absolute Gasteiger partial charge is 0.0844 e. The summed E-state index contributed by atoms with van der Waals surface area (Å²) >= 11 is 0. The van der Waals surface area contributed by atoms with Gasteiger partial charge in [0.2, 0.25) is 0 Å². The molecule has 1 rings (SSSR count). The lowest BCUT2D eigenvalue weighted by Crippen LogP contribution is -2.14. The van der Waals surface area contributed by atoms with E-state index in [1.165, 1.54) is 6.42 Å². The highest BCUT2D eigenvalue weighted by molar-refractivity contribution is 5.53. The molecular weight excluding hydrogens is 172 g/mol. The molecule has 1 aliphatic rings. The zero-order valence-corrected chi connectivity index (χ0v) is 10.2. The summed E-state index contributed by atoms with van der Waals surface area (Å²) in [7, 11) is 4.04. The molecule has 4 unspecified atom stereocenters. The van der Waals surface area contributed by atoms with Crippen LogP contribution in [0.25, 0.3) is 0 Å². The second-order valence-electron chi connectivity index (χ2n) is 5.14. The van der Waals surface area contributed by atoms with Crippen LogP contribution in [-0.2, 0) is 0 Å². The summed E-state index contributed by atoms with van der Waals surface area (Å²) in [6.07, 6.45) is 3.29. The number of nitrogens with zero attached hydrogens (tertiary/aromatic N) is 2. The molecule has 4 atom stereocenters. The van der Waals surface area contributed by atoms with E-state index in [1.807, 2.05) is 25.3 Å². The SMILES string of the molecule is CC1CC(CN=CN(C)C)C(C)C1C. The molecule has 0 amide bonds. The zero-order chi connectivity index (χ0) is 10.7. The van der Waals surface area contributed by atoms with Gasteiger partial charge in [0.05, 0.1) is 6.34 Å². The molecule has 0 aromatic rings. The van der Waals surface area contributed by atoms with Crippen LogP contribution >= 0.6 is 0 Å². The van der Waals surface area contributed by atoms with Crippen molar-refractivity contribution in [3.05, 3.63) is 0 Å². The van der Waals surface area contributed by atoms with Crippen LogP contribution in [0, 0.1) is 23.7 Å². The van der Waals surface area contributed by atoms with E-state index in [0.29, 0.717) is 0 Å². The lowest BCUT2D eigenvalue weighted by atomic mass is 9.91. The van der Waals surface area contributed by atoms with E-state index >= 15 is 0 Å². The van der Waals surface area contributed by atoms with Gasteiger partial charge < -0.3 is 4.90 Å². The van der Waals surface area contributed by atoms with Crippen molar-refractivity contribution in [1.29, 1.82) is 0 Å². The largest absolute Gasteiger partial charge is 0.369 e. The Morgan fingerprint density at radius 1 is 1.21 bits per heavy atom. The molecule has 2 heteroatoms. The van der Waals surface area contributed by atoms with Gasteiger partial charge in [-0.25, -0.2) is 0 Å². The Balaban J connectivity index is 2.40. The highest BCUT2D eigenvalue weighted by Gasteiger charge is 2.34. The first kappa shape index (κ1) is 11.5. The molecule has 14 heavy (non-hydrogen) atoms. The van der Waals surface area contributed by atoms with Crippen LogP contribution in [0.3, 0.4) is 0 Å². The second kappa shape index (κ2) is 4.81. The summed E-state index contributed by atoms with van der Waals surface area (Å²) in [6, 6.07) is 0. The summed E-state index contributed by atoms with van der Waals surface area (Å²) in [5, 5.41) is 0. The quantitative estimate of drug-likeness (QED) is 0.500. The van der Waals surface area contributed by atoms with Gasteiger partial charge in [-0.05, 0) is 30.1 Å². The standard InChI is InChI=1S/C12H24N2/c1-9-6-12(11(3)10(9)2)7-13-8-14(4)5/h8-12H,6-7H2,1-5H3. The molecule has 2 nitrogen and oxygen atoms in total. The van der Waals surface area contributed by atoms with Gasteiger partial charge in [0.15, 0.2) is 0 Å². The topological polar surface area (TPSA) is 15.6 Å². The van der Waals surface area contributed by atoms with Crippen molar-refractivity contribution in [3.8, 4) is 0 Å². The maximum Gasteiger partial charge on any atom is 0.0844 e. The molecule has 0 aromatic heterocycles. The minimum Gasteiger partial charge on any atom is -0.369 e. The Kier molecular flexibility index (Phi) is 3.97. The third-order valence-electron chi connectivity index (χ3n) is 3.80. The maximum atomic E-state index is 4.47. The van der Waals surface area contributed by atoms with Crippen LogP contribution in [0.1, 0.15) is 27.2 Å². The first-order valence-corrected chi connectivity index (χ1v) is 5.68. The van der Waals surface area contributed by atoms with Gasteiger partial charge in [0, 0.05) is 20.6 Å². The number of rotatable bonds is 3. The highest BCUT2D eigenvalue weighted by atomic mass is 15.1. The normalized spacial score (nSPS) is 38.1. The van der Waals surface area contributed by atoms with Crippen LogP contribution in [0.5, 0.6) is 0 Å². The Bertz CT molecular complexity index is 198. The number of hydrogen-bond acceptors (Lipinski definition) is 1. The van der Waals surface area contributed by atoms with Gasteiger partial charge >= 0.3 is 0 Å². The Labute approximate surface area is 88.4 Å². The minimum absolute atomic E-state index is 0.802. The first-order chi connectivity index (χ1) is 6.52. The molecule has 0 radical (unpaired) electrons. The van der Waals surface area contributed by atoms with E-state index in [9.17, 15) is 0 Å². The minimum atomic E-state index is 0.802. The van der Waals surface area contributed by atoms with Crippen molar-refractivity contribution < 1.29 is 0 Å². The van der Waals surface area contributed by atoms with Crippen molar-refractivity contribution in [2.24, 2.45) is 28.7 Å². The van der Waals surface area contributed by atoms with E-state index in [0.717, 1.165) is 30.2 Å². The summed E-state index contributed by atoms with van der Waals surface area (Å²) < 4.78 is 0. The third-order valence-corrected chi connectivity index (χ3v) is 3.80. The number of aliphatic imine (C=N–C) groups is 1. The number of hydrogen-bond donors (Lipinski definition) is 0. The monoisotopic (exact) mass is 196 g/mol. The van der Waals surface area contributed by atoms with Crippen molar-refractivity contribution in [2.45, 2.75) is 27.2 Å². The molecule has 1 saturated carbocycles. The molecule has 82 valence electrons. The van der Waals surface area contributed by atoms with Crippen LogP contribution in [-0.4, -0.2) is 31.9 Å². The fourth-order valence-electron chi connectivity index (χ4n) is 2.44. The Hall–Kier alpha value is -0.530. The van der Waals surface area contributed by atoms with Gasteiger partial charge in [0.1, 0.15) is 0 Å². The molecule has 1 fully saturated rings. The summed E-state index contributed by atoms with van der Waals surface area (Å²) in [4.78, 5) is 6.48. The summed E-state index contributed by atoms with van der Waals surface area (Å²) in [6.45, 7) is 8.14. The molecular formula is C12H24N2. The average Bonchev–Trinajstić information content (AvgIpc) is 2.33. The van der Waals surface area contributed by atoms with Gasteiger partial charge in [0.25, 0.3) is 0 Å². The van der Waals surface area contributed by atoms with Gasteiger partial charge in [-0.2, -0.15) is 0 Å². The molecule has 1 aliphatic carbocycles. The Morgan fingerprint density at radius 3 is 2.29 bits per heavy atom. The highest BCUT2D eigenvalue weighted by Crippen LogP contribution is 2.40. The van der Waals surface area contributed by atoms with Crippen LogP contribution in [0.15, 0.2) is 4.99 Å². The molecule has 0 saturated heterocycles. The molecule has 0 heterocycles. The maximum absolute atomic E-state index is 4.47. The van der Waals surface area contributed by atoms with E-state index in [4.69, 9.17) is 0 Å². The Morgan fingerprint density at radius 2 is 1.86 bits per heavy atom. The van der Waals surface area contributed by atoms with Gasteiger partial charge in [-0.3, -0.25) is 4.99 Å². The van der Waals surface area contributed by atoms with E-state index in [2.05, 4.69) is 25.8 Å². The van der Waals surface area contributed by atoms with Crippen molar-refractivity contribution in [3.63, 3.8) is 0 Å². The summed E-state index contributed by atoms with van der Waals surface area (Å²) in [5.74, 6) is 3.39. The van der Waals surface area contributed by atoms with Crippen LogP contribution in [0.2, 0.25) is 0 Å². The fourth-order valence-corrected chi connectivity index (χ4v) is 2.44. The zero-order valence-electron chi connectivity index (χ0n) is 10.2. The summed E-state index contributed by atoms with van der Waals surface area (Å²) in [5.41, 5.74) is 0. The molecule has 0 N–H and O–H groups in total. The van der Waals surface area contributed by atoms with Gasteiger partial charge in [-0.15, -0.1) is 0 Å². The molecule has 0 aliphatic heterocycles. The average molecular weight is 196 g/mol. The van der Waals surface area contributed by atoms with Crippen molar-refractivity contribution in [1.82, 2.24) is 4.90 Å². The lowest BCUT2D eigenvalue weighted by Gasteiger charge is -2.16. The lowest BCUT2D eigenvalue weighted by molar-refractivity contribution is 0.343. The van der Waals surface area contributed by atoms with Gasteiger partial charge in [-0.1, -0.05) is 20.8 Å². The molecule has 0 bridgehead atoms. The third kappa shape index (κ3) is 2.73. The van der Waals surface area contributed by atoms with E-state index < -0.39 is 0 Å². The second-order valence-corrected chi connectivity index (χ2v) is 5.14. The van der Waals surface area contributed by atoms with E-state index in [1.54, 1.807) is 0 Å². The first-order valence-electron chi connectivity index (χ1n) is 5.68.